The van der Waals surface area contributed by atoms with Crippen LogP contribution in [0.1, 0.15) is 25.0 Å². The number of aromatic nitrogens is 1. The summed E-state index contributed by atoms with van der Waals surface area (Å²) in [5.74, 6) is 2.67. The molecule has 1 N–H and O–H groups in total. The van der Waals surface area contributed by atoms with E-state index < -0.39 is 0 Å². The first kappa shape index (κ1) is 11.3. The molecule has 17 heavy (non-hydrogen) atoms. The van der Waals surface area contributed by atoms with Crippen molar-refractivity contribution in [3.63, 3.8) is 0 Å². The van der Waals surface area contributed by atoms with Crippen molar-refractivity contribution in [1.82, 2.24) is 4.98 Å². The summed E-state index contributed by atoms with van der Waals surface area (Å²) >= 11 is 5.96. The predicted octanol–water partition coefficient (Wildman–Crippen LogP) is 2.46. The Hall–Kier alpha value is -0.800. The van der Waals surface area contributed by atoms with E-state index >= 15 is 0 Å². The topological polar surface area (TPSA) is 36.4 Å². The number of rotatable bonds is 2. The minimum Gasteiger partial charge on any atom is -0.390 e. The van der Waals surface area contributed by atoms with E-state index in [1.54, 1.807) is 0 Å². The highest BCUT2D eigenvalue weighted by molar-refractivity contribution is 6.31. The molecule has 1 aliphatic heterocycles. The van der Waals surface area contributed by atoms with Gasteiger partial charge in [-0.1, -0.05) is 18.0 Å². The van der Waals surface area contributed by atoms with Gasteiger partial charge < -0.3 is 10.0 Å². The molecule has 1 aromatic heterocycles. The van der Waals surface area contributed by atoms with Crippen LogP contribution in [0.25, 0.3) is 0 Å². The molecule has 0 radical (unpaired) electrons. The van der Waals surface area contributed by atoms with Crippen LogP contribution in [-0.2, 0) is 6.61 Å². The molecular weight excluding hydrogens is 236 g/mol. The zero-order chi connectivity index (χ0) is 11.8. The second-order valence-corrected chi connectivity index (χ2v) is 5.52. The summed E-state index contributed by atoms with van der Waals surface area (Å²) in [7, 11) is 0. The summed E-state index contributed by atoms with van der Waals surface area (Å²) in [6.07, 6.45) is 4.11. The van der Waals surface area contributed by atoms with Gasteiger partial charge in [-0.25, -0.2) is 4.98 Å². The number of hydrogen-bond acceptors (Lipinski definition) is 3. The minimum atomic E-state index is -0.0899. The third-order valence-corrected chi connectivity index (χ3v) is 4.45. The quantitative estimate of drug-likeness (QED) is 0.879. The van der Waals surface area contributed by atoms with Crippen LogP contribution in [0.5, 0.6) is 0 Å². The van der Waals surface area contributed by atoms with Crippen LogP contribution in [-0.4, -0.2) is 23.2 Å². The highest BCUT2D eigenvalue weighted by Crippen LogP contribution is 2.39. The highest BCUT2D eigenvalue weighted by Gasteiger charge is 2.36. The number of aliphatic hydroxyl groups is 1. The molecule has 3 nitrogen and oxygen atoms in total. The van der Waals surface area contributed by atoms with Crippen molar-refractivity contribution in [3.05, 3.63) is 22.8 Å². The first-order valence-electron chi connectivity index (χ1n) is 6.29. The van der Waals surface area contributed by atoms with Gasteiger partial charge >= 0.3 is 0 Å². The lowest BCUT2D eigenvalue weighted by Gasteiger charge is -2.19. The van der Waals surface area contributed by atoms with Gasteiger partial charge in [-0.15, -0.1) is 0 Å². The number of nitrogens with zero attached hydrogens (tertiary/aromatic N) is 2. The average Bonchev–Trinajstić information content (AvgIpc) is 2.90. The molecule has 1 saturated heterocycles. The van der Waals surface area contributed by atoms with Crippen LogP contribution in [0.2, 0.25) is 5.02 Å². The fourth-order valence-corrected chi connectivity index (χ4v) is 3.35. The molecule has 0 bridgehead atoms. The molecule has 0 aromatic carbocycles. The van der Waals surface area contributed by atoms with Crippen LogP contribution in [0.3, 0.4) is 0 Å². The molecule has 92 valence electrons. The second-order valence-electron chi connectivity index (χ2n) is 5.11. The van der Waals surface area contributed by atoms with Gasteiger partial charge in [0.2, 0.25) is 0 Å². The number of fused-ring (bicyclic) bond motifs is 1. The van der Waals surface area contributed by atoms with Crippen molar-refractivity contribution in [3.8, 4) is 0 Å². The zero-order valence-corrected chi connectivity index (χ0v) is 10.5. The van der Waals surface area contributed by atoms with E-state index in [4.69, 9.17) is 11.6 Å². The van der Waals surface area contributed by atoms with E-state index in [2.05, 4.69) is 9.88 Å². The number of pyridine rings is 1. The summed E-state index contributed by atoms with van der Waals surface area (Å²) in [5, 5.41) is 9.73. The van der Waals surface area contributed by atoms with Crippen molar-refractivity contribution in [1.29, 1.82) is 0 Å². The van der Waals surface area contributed by atoms with Gasteiger partial charge in [0.1, 0.15) is 5.82 Å². The maximum Gasteiger partial charge on any atom is 0.129 e. The third-order valence-electron chi connectivity index (χ3n) is 4.10. The minimum absolute atomic E-state index is 0.0899. The van der Waals surface area contributed by atoms with Crippen LogP contribution >= 0.6 is 11.6 Å². The van der Waals surface area contributed by atoms with Gasteiger partial charge in [-0.2, -0.15) is 0 Å². The fraction of sp³-hybridized carbons (Fsp3) is 0.615. The Morgan fingerprint density at radius 2 is 2.00 bits per heavy atom. The lowest BCUT2D eigenvalue weighted by molar-refractivity contribution is 0.277. The molecule has 2 atom stereocenters. The van der Waals surface area contributed by atoms with Gasteiger partial charge in [0.15, 0.2) is 0 Å². The third kappa shape index (κ3) is 2.02. The van der Waals surface area contributed by atoms with Gasteiger partial charge in [-0.3, -0.25) is 0 Å². The predicted molar refractivity (Wildman–Crippen MR) is 68.2 cm³/mol. The Morgan fingerprint density at radius 3 is 2.65 bits per heavy atom. The lowest BCUT2D eigenvalue weighted by atomic mass is 10.0. The molecule has 0 spiro atoms. The summed E-state index contributed by atoms with van der Waals surface area (Å²) in [6.45, 7) is 2.14. The summed E-state index contributed by atoms with van der Waals surface area (Å²) in [4.78, 5) is 6.78. The van der Waals surface area contributed by atoms with E-state index in [0.29, 0.717) is 10.7 Å². The van der Waals surface area contributed by atoms with E-state index in [9.17, 15) is 5.11 Å². The number of hydrogen-bond donors (Lipinski definition) is 1. The van der Waals surface area contributed by atoms with Gasteiger partial charge in [0, 0.05) is 13.1 Å². The van der Waals surface area contributed by atoms with E-state index in [1.807, 2.05) is 12.1 Å². The fourth-order valence-electron chi connectivity index (χ4n) is 3.18. The number of halogens is 1. The van der Waals surface area contributed by atoms with Crippen LogP contribution < -0.4 is 4.90 Å². The summed E-state index contributed by atoms with van der Waals surface area (Å²) in [6, 6.07) is 3.80. The highest BCUT2D eigenvalue weighted by atomic mass is 35.5. The molecule has 2 unspecified atom stereocenters. The van der Waals surface area contributed by atoms with Crippen molar-refractivity contribution >= 4 is 17.4 Å². The van der Waals surface area contributed by atoms with Crippen molar-refractivity contribution in [2.75, 3.05) is 18.0 Å². The Labute approximate surface area is 106 Å². The molecule has 1 aliphatic carbocycles. The van der Waals surface area contributed by atoms with Crippen molar-refractivity contribution in [2.24, 2.45) is 11.8 Å². The Morgan fingerprint density at radius 1 is 1.29 bits per heavy atom. The largest absolute Gasteiger partial charge is 0.390 e. The van der Waals surface area contributed by atoms with Gasteiger partial charge in [0.25, 0.3) is 0 Å². The van der Waals surface area contributed by atoms with Crippen LogP contribution in [0, 0.1) is 11.8 Å². The maximum absolute atomic E-state index is 9.18. The molecule has 2 heterocycles. The molecular formula is C13H17ClN2O. The maximum atomic E-state index is 9.18. The summed E-state index contributed by atoms with van der Waals surface area (Å²) in [5.41, 5.74) is 0.584. The van der Waals surface area contributed by atoms with Crippen molar-refractivity contribution in [2.45, 2.75) is 25.9 Å². The van der Waals surface area contributed by atoms with Crippen LogP contribution in [0.15, 0.2) is 12.1 Å². The molecule has 1 aromatic rings. The SMILES string of the molecule is OCc1nc(N2CC3CCCC3C2)ccc1Cl. The standard InChI is InChI=1S/C13H17ClN2O/c14-11-4-5-13(15-12(11)8-17)16-6-9-2-1-3-10(9)7-16/h4-5,9-10,17H,1-3,6-8H2. The molecule has 0 amide bonds. The van der Waals surface area contributed by atoms with Crippen LogP contribution in [0.4, 0.5) is 5.82 Å². The molecule has 2 fully saturated rings. The van der Waals surface area contributed by atoms with E-state index in [-0.39, 0.29) is 6.61 Å². The Kier molecular flexibility index (Phi) is 2.97. The first-order valence-corrected chi connectivity index (χ1v) is 6.67. The van der Waals surface area contributed by atoms with E-state index in [1.165, 1.54) is 19.3 Å². The van der Waals surface area contributed by atoms with Crippen molar-refractivity contribution < 1.29 is 5.11 Å². The molecule has 3 rings (SSSR count). The van der Waals surface area contributed by atoms with E-state index in [0.717, 1.165) is 30.7 Å². The number of anilines is 1. The Balaban J connectivity index is 1.81. The van der Waals surface area contributed by atoms with Gasteiger partial charge in [0.05, 0.1) is 17.3 Å². The zero-order valence-electron chi connectivity index (χ0n) is 9.77. The molecule has 2 aliphatic rings. The molecule has 4 heteroatoms. The van der Waals surface area contributed by atoms with Gasteiger partial charge in [-0.05, 0) is 36.8 Å². The normalized spacial score (nSPS) is 27.5. The molecule has 1 saturated carbocycles. The smallest absolute Gasteiger partial charge is 0.129 e. The monoisotopic (exact) mass is 252 g/mol. The first-order chi connectivity index (χ1) is 8.28. The second kappa shape index (κ2) is 4.46. The average molecular weight is 253 g/mol. The number of aliphatic hydroxyl groups excluding tert-OH is 1. The lowest BCUT2D eigenvalue weighted by Crippen LogP contribution is -2.22. The Bertz CT molecular complexity index is 412. The summed E-state index contributed by atoms with van der Waals surface area (Å²) < 4.78 is 0.